The lowest BCUT2D eigenvalue weighted by atomic mass is 10.0. The number of carbonyl (C=O) groups is 1. The van der Waals surface area contributed by atoms with E-state index in [0.717, 1.165) is 5.56 Å². The van der Waals surface area contributed by atoms with Crippen LogP contribution in [-0.2, 0) is 6.42 Å². The number of rotatable bonds is 3. The predicted molar refractivity (Wildman–Crippen MR) is 79.6 cm³/mol. The maximum atomic E-state index is 12.3. The molecular weight excluding hydrogens is 274 g/mol. The normalized spacial score (nSPS) is 12.7. The summed E-state index contributed by atoms with van der Waals surface area (Å²) in [6.45, 7) is 0.475. The number of aliphatic imine (C=N–C) groups is 1. The van der Waals surface area contributed by atoms with E-state index in [9.17, 15) is 4.79 Å². The smallest absolute Gasteiger partial charge is 0.167 e. The van der Waals surface area contributed by atoms with Crippen LogP contribution in [0.2, 0.25) is 5.02 Å². The van der Waals surface area contributed by atoms with Crippen LogP contribution in [0.15, 0.2) is 47.5 Å². The molecule has 3 nitrogen and oxygen atoms in total. The van der Waals surface area contributed by atoms with Gasteiger partial charge in [-0.05, 0) is 35.9 Å². The Balaban J connectivity index is 1.83. The van der Waals surface area contributed by atoms with Crippen LogP contribution in [0.4, 0.5) is 5.69 Å². The fourth-order valence-corrected chi connectivity index (χ4v) is 2.32. The first-order valence-corrected chi connectivity index (χ1v) is 6.67. The van der Waals surface area contributed by atoms with Gasteiger partial charge in [0.25, 0.3) is 0 Å². The Bertz CT molecular complexity index is 695. The van der Waals surface area contributed by atoms with Gasteiger partial charge in [-0.3, -0.25) is 9.79 Å². The highest BCUT2D eigenvalue weighted by molar-refractivity contribution is 6.30. The zero-order valence-corrected chi connectivity index (χ0v) is 11.4. The molecule has 0 aliphatic carbocycles. The van der Waals surface area contributed by atoms with E-state index in [-0.39, 0.29) is 5.78 Å². The van der Waals surface area contributed by atoms with Gasteiger partial charge in [0.05, 0.1) is 0 Å². The third kappa shape index (κ3) is 2.73. The largest absolute Gasteiger partial charge is 0.486 e. The molecule has 0 radical (unpaired) electrons. The highest BCUT2D eigenvalue weighted by atomic mass is 35.5. The van der Waals surface area contributed by atoms with Crippen LogP contribution in [0.3, 0.4) is 0 Å². The molecule has 0 atom stereocenters. The molecule has 1 aliphatic rings. The van der Waals surface area contributed by atoms with Gasteiger partial charge >= 0.3 is 0 Å². The molecule has 0 fully saturated rings. The zero-order valence-electron chi connectivity index (χ0n) is 10.7. The summed E-state index contributed by atoms with van der Waals surface area (Å²) >= 11 is 5.92. The molecule has 0 bridgehead atoms. The van der Waals surface area contributed by atoms with Gasteiger partial charge in [-0.1, -0.05) is 23.7 Å². The summed E-state index contributed by atoms with van der Waals surface area (Å²) in [7, 11) is 0. The van der Waals surface area contributed by atoms with Crippen molar-refractivity contribution in [2.45, 2.75) is 6.42 Å². The molecule has 0 unspecified atom stereocenters. The minimum Gasteiger partial charge on any atom is -0.486 e. The monoisotopic (exact) mass is 285 g/mol. The van der Waals surface area contributed by atoms with Gasteiger partial charge in [0.1, 0.15) is 18.0 Å². The predicted octanol–water partition coefficient (Wildman–Crippen LogP) is 3.86. The number of fused-ring (bicyclic) bond motifs is 1. The molecule has 2 aromatic rings. The van der Waals surface area contributed by atoms with Crippen LogP contribution < -0.4 is 4.74 Å². The number of ether oxygens (including phenoxy) is 1. The van der Waals surface area contributed by atoms with Crippen LogP contribution in [0.1, 0.15) is 15.9 Å². The summed E-state index contributed by atoms with van der Waals surface area (Å²) in [5, 5.41) is 0.638. The van der Waals surface area contributed by atoms with Crippen molar-refractivity contribution in [1.29, 1.82) is 0 Å². The first-order chi connectivity index (χ1) is 9.72. The third-order valence-electron chi connectivity index (χ3n) is 3.08. The van der Waals surface area contributed by atoms with Crippen molar-refractivity contribution in [1.82, 2.24) is 0 Å². The molecule has 3 rings (SSSR count). The highest BCUT2D eigenvalue weighted by Gasteiger charge is 2.12. The lowest BCUT2D eigenvalue weighted by Gasteiger charge is -2.12. The summed E-state index contributed by atoms with van der Waals surface area (Å²) in [6.07, 6.45) is 2.01. The van der Waals surface area contributed by atoms with Gasteiger partial charge < -0.3 is 4.74 Å². The number of hydrogen-bond donors (Lipinski definition) is 0. The molecule has 1 aliphatic heterocycles. The number of halogens is 1. The Hall–Kier alpha value is -2.13. The summed E-state index contributed by atoms with van der Waals surface area (Å²) in [5.74, 6) is 0.752. The minimum atomic E-state index is 0.0378. The Morgan fingerprint density at radius 1 is 1.25 bits per heavy atom. The maximum absolute atomic E-state index is 12.3. The topological polar surface area (TPSA) is 38.7 Å². The van der Waals surface area contributed by atoms with Crippen LogP contribution in [0, 0.1) is 0 Å². The average molecular weight is 286 g/mol. The quantitative estimate of drug-likeness (QED) is 0.803. The standard InChI is InChI=1S/C16H12ClNO2/c17-13-3-1-2-11(8-13)9-15(19)12-4-5-16-14(10-12)18-6-7-20-16/h1-6,8,10H,7,9H2. The molecule has 2 aromatic carbocycles. The third-order valence-corrected chi connectivity index (χ3v) is 3.31. The minimum absolute atomic E-state index is 0.0378. The van der Waals surface area contributed by atoms with Gasteiger partial charge in [0.2, 0.25) is 0 Å². The Morgan fingerprint density at radius 2 is 2.15 bits per heavy atom. The van der Waals surface area contributed by atoms with Crippen molar-refractivity contribution in [2.24, 2.45) is 4.99 Å². The second-order valence-electron chi connectivity index (χ2n) is 4.54. The number of hydrogen-bond acceptors (Lipinski definition) is 3. The molecule has 20 heavy (non-hydrogen) atoms. The Morgan fingerprint density at radius 3 is 3.00 bits per heavy atom. The van der Waals surface area contributed by atoms with E-state index in [0.29, 0.717) is 35.1 Å². The number of nitrogens with zero attached hydrogens (tertiary/aromatic N) is 1. The van der Waals surface area contributed by atoms with Crippen LogP contribution in [0.5, 0.6) is 5.75 Å². The van der Waals surface area contributed by atoms with Gasteiger partial charge in [0.15, 0.2) is 5.78 Å². The van der Waals surface area contributed by atoms with E-state index in [1.165, 1.54) is 0 Å². The van der Waals surface area contributed by atoms with Crippen molar-refractivity contribution < 1.29 is 9.53 Å². The fraction of sp³-hybridized carbons (Fsp3) is 0.125. The average Bonchev–Trinajstić information content (AvgIpc) is 2.47. The van der Waals surface area contributed by atoms with E-state index in [1.807, 2.05) is 12.1 Å². The van der Waals surface area contributed by atoms with Crippen LogP contribution >= 0.6 is 11.6 Å². The molecule has 0 aromatic heterocycles. The van der Waals surface area contributed by atoms with Crippen molar-refractivity contribution in [3.05, 3.63) is 58.6 Å². The lowest BCUT2D eigenvalue weighted by Crippen LogP contribution is -2.06. The first kappa shape index (κ1) is 12.9. The van der Waals surface area contributed by atoms with Crippen LogP contribution in [-0.4, -0.2) is 18.6 Å². The summed E-state index contributed by atoms with van der Waals surface area (Å²) in [4.78, 5) is 16.5. The van der Waals surface area contributed by atoms with E-state index in [4.69, 9.17) is 16.3 Å². The molecule has 1 heterocycles. The lowest BCUT2D eigenvalue weighted by molar-refractivity contribution is 0.0993. The molecule has 0 saturated carbocycles. The van der Waals surface area contributed by atoms with Crippen LogP contribution in [0.25, 0.3) is 0 Å². The molecule has 0 N–H and O–H groups in total. The summed E-state index contributed by atoms with van der Waals surface area (Å²) in [5.41, 5.74) is 2.24. The maximum Gasteiger partial charge on any atom is 0.167 e. The number of benzene rings is 2. The van der Waals surface area contributed by atoms with Gasteiger partial charge in [-0.2, -0.15) is 0 Å². The molecule has 0 amide bonds. The van der Waals surface area contributed by atoms with E-state index in [2.05, 4.69) is 4.99 Å². The van der Waals surface area contributed by atoms with Gasteiger partial charge in [-0.25, -0.2) is 0 Å². The second kappa shape index (κ2) is 5.47. The zero-order chi connectivity index (χ0) is 13.9. The molecular formula is C16H12ClNO2. The first-order valence-electron chi connectivity index (χ1n) is 6.29. The fourth-order valence-electron chi connectivity index (χ4n) is 2.11. The summed E-state index contributed by atoms with van der Waals surface area (Å²) in [6, 6.07) is 12.7. The van der Waals surface area contributed by atoms with Crippen molar-refractivity contribution in [3.8, 4) is 5.75 Å². The number of carbonyl (C=O) groups excluding carboxylic acids is 1. The molecule has 0 saturated heterocycles. The van der Waals surface area contributed by atoms with E-state index >= 15 is 0 Å². The van der Waals surface area contributed by atoms with E-state index < -0.39 is 0 Å². The van der Waals surface area contributed by atoms with Crippen molar-refractivity contribution in [3.63, 3.8) is 0 Å². The Kier molecular flexibility index (Phi) is 3.52. The highest BCUT2D eigenvalue weighted by Crippen LogP contribution is 2.30. The van der Waals surface area contributed by atoms with Gasteiger partial charge in [-0.15, -0.1) is 0 Å². The van der Waals surface area contributed by atoms with Gasteiger partial charge in [0, 0.05) is 23.2 Å². The molecule has 4 heteroatoms. The van der Waals surface area contributed by atoms with E-state index in [1.54, 1.807) is 36.5 Å². The Labute approximate surface area is 121 Å². The number of Topliss-reactive ketones (excluding diaryl/α,β-unsaturated/α-hetero) is 1. The number of ketones is 1. The SMILES string of the molecule is O=C(Cc1cccc(Cl)c1)c1ccc2c(c1)N=CCO2. The van der Waals surface area contributed by atoms with Crippen molar-refractivity contribution in [2.75, 3.05) is 6.61 Å². The van der Waals surface area contributed by atoms with Crippen molar-refractivity contribution >= 4 is 29.3 Å². The second-order valence-corrected chi connectivity index (χ2v) is 4.97. The summed E-state index contributed by atoms with van der Waals surface area (Å²) < 4.78 is 5.41. The molecule has 100 valence electrons. The molecule has 0 spiro atoms.